The van der Waals surface area contributed by atoms with Gasteiger partial charge in [0.25, 0.3) is 0 Å². The predicted octanol–water partition coefficient (Wildman–Crippen LogP) is 5.66. The molecule has 5 nitrogen and oxygen atoms in total. The number of rotatable bonds is 5. The van der Waals surface area contributed by atoms with Crippen molar-refractivity contribution in [3.63, 3.8) is 0 Å². The average Bonchev–Trinajstić information content (AvgIpc) is 3.36. The van der Waals surface area contributed by atoms with Gasteiger partial charge in [-0.1, -0.05) is 39.0 Å². The molecule has 0 radical (unpaired) electrons. The van der Waals surface area contributed by atoms with Crippen LogP contribution in [0.3, 0.4) is 0 Å². The van der Waals surface area contributed by atoms with Crippen LogP contribution in [0.1, 0.15) is 50.3 Å². The number of hydrogen-bond acceptors (Lipinski definition) is 5. The SMILES string of the molecule is CC(C)(C)C1Cc2cc(CC(=O)C3(c4ccc5c(c4)OC(F)(F)O5)CC3)ccc2N1.O=CCCl. The Morgan fingerprint density at radius 3 is 2.44 bits per heavy atom. The van der Waals surface area contributed by atoms with E-state index in [1.807, 2.05) is 6.07 Å². The number of carbonyl (C=O) groups excluding carboxylic acids is 2. The summed E-state index contributed by atoms with van der Waals surface area (Å²) >= 11 is 4.82. The number of carbonyl (C=O) groups is 2. The maximum atomic E-state index is 13.3. The molecule has 1 aliphatic carbocycles. The first-order valence-electron chi connectivity index (χ1n) is 11.3. The van der Waals surface area contributed by atoms with Gasteiger partial charge in [0, 0.05) is 18.2 Å². The van der Waals surface area contributed by atoms with Crippen LogP contribution in [0.2, 0.25) is 0 Å². The summed E-state index contributed by atoms with van der Waals surface area (Å²) in [5.41, 5.74) is 3.65. The lowest BCUT2D eigenvalue weighted by atomic mass is 9.85. The summed E-state index contributed by atoms with van der Waals surface area (Å²) in [6.45, 7) is 6.66. The number of ether oxygens (including phenoxy) is 2. The number of ketones is 1. The van der Waals surface area contributed by atoms with Crippen molar-refractivity contribution in [2.45, 2.75) is 64.2 Å². The molecule has 1 atom stereocenters. The van der Waals surface area contributed by atoms with Crippen molar-refractivity contribution in [2.24, 2.45) is 5.41 Å². The number of alkyl halides is 3. The van der Waals surface area contributed by atoms with Crippen molar-refractivity contribution in [3.05, 3.63) is 53.1 Å². The van der Waals surface area contributed by atoms with E-state index >= 15 is 0 Å². The van der Waals surface area contributed by atoms with Crippen LogP contribution in [0.15, 0.2) is 36.4 Å². The first-order chi connectivity index (χ1) is 16.0. The summed E-state index contributed by atoms with van der Waals surface area (Å²) in [5.74, 6) is 0.228. The van der Waals surface area contributed by atoms with Crippen LogP contribution in [0.5, 0.6) is 11.5 Å². The minimum atomic E-state index is -3.65. The van der Waals surface area contributed by atoms with Gasteiger partial charge < -0.3 is 19.6 Å². The van der Waals surface area contributed by atoms with E-state index in [0.29, 0.717) is 18.7 Å². The molecule has 0 bridgehead atoms. The van der Waals surface area contributed by atoms with Crippen LogP contribution in [0, 0.1) is 5.41 Å². The van der Waals surface area contributed by atoms with Gasteiger partial charge in [0.2, 0.25) is 0 Å². The number of hydrogen-bond donors (Lipinski definition) is 1. The van der Waals surface area contributed by atoms with Gasteiger partial charge >= 0.3 is 6.29 Å². The molecule has 2 aromatic carbocycles. The zero-order chi connectivity index (χ0) is 24.7. The largest absolute Gasteiger partial charge is 0.586 e. The Kier molecular flexibility index (Phi) is 6.36. The number of nitrogens with one attached hydrogen (secondary N) is 1. The van der Waals surface area contributed by atoms with E-state index in [1.165, 1.54) is 17.7 Å². The number of aldehydes is 1. The summed E-state index contributed by atoms with van der Waals surface area (Å²) in [7, 11) is 0. The van der Waals surface area contributed by atoms with E-state index < -0.39 is 11.7 Å². The molecule has 1 N–H and O–H groups in total. The molecule has 0 amide bonds. The molecular formula is C26H28ClF2NO4. The molecule has 1 fully saturated rings. The summed E-state index contributed by atoms with van der Waals surface area (Å²) < 4.78 is 35.7. The van der Waals surface area contributed by atoms with E-state index in [9.17, 15) is 13.6 Å². The third kappa shape index (κ3) is 4.90. The van der Waals surface area contributed by atoms with Crippen molar-refractivity contribution < 1.29 is 27.8 Å². The number of Topliss-reactive ketones (excluding diaryl/α,β-unsaturated/α-hetero) is 1. The Bertz CT molecular complexity index is 1110. The molecule has 5 rings (SSSR count). The van der Waals surface area contributed by atoms with Gasteiger partial charge in [-0.15, -0.1) is 20.4 Å². The second kappa shape index (κ2) is 8.84. The number of halogens is 3. The van der Waals surface area contributed by atoms with Gasteiger partial charge in [-0.2, -0.15) is 0 Å². The third-order valence-electron chi connectivity index (χ3n) is 6.63. The molecule has 2 aliphatic heterocycles. The molecule has 8 heteroatoms. The Balaban J connectivity index is 0.000000636. The zero-order valence-electron chi connectivity index (χ0n) is 19.4. The van der Waals surface area contributed by atoms with Crippen LogP contribution in [-0.4, -0.2) is 30.3 Å². The van der Waals surface area contributed by atoms with Gasteiger partial charge in [-0.3, -0.25) is 4.79 Å². The highest BCUT2D eigenvalue weighted by atomic mass is 35.5. The van der Waals surface area contributed by atoms with Crippen molar-refractivity contribution in [3.8, 4) is 11.5 Å². The fourth-order valence-corrected chi connectivity index (χ4v) is 4.50. The smallest absolute Gasteiger partial charge is 0.395 e. The molecule has 2 heterocycles. The highest BCUT2D eigenvalue weighted by molar-refractivity contribution is 6.24. The first kappa shape index (κ1) is 24.5. The Hall–Kier alpha value is -2.67. The second-order valence-electron chi connectivity index (χ2n) is 10.1. The van der Waals surface area contributed by atoms with E-state index in [-0.39, 0.29) is 28.6 Å². The van der Waals surface area contributed by atoms with Crippen molar-refractivity contribution in [1.82, 2.24) is 0 Å². The Morgan fingerprint density at radius 1 is 1.15 bits per heavy atom. The van der Waals surface area contributed by atoms with Gasteiger partial charge in [0.05, 0.1) is 11.3 Å². The molecule has 1 saturated carbocycles. The maximum absolute atomic E-state index is 13.3. The lowest BCUT2D eigenvalue weighted by Gasteiger charge is -2.27. The molecule has 1 unspecified atom stereocenters. The van der Waals surface area contributed by atoms with Gasteiger partial charge in [0.15, 0.2) is 11.5 Å². The van der Waals surface area contributed by atoms with Gasteiger partial charge in [-0.25, -0.2) is 0 Å². The average molecular weight is 492 g/mol. The van der Waals surface area contributed by atoms with E-state index in [1.54, 1.807) is 6.07 Å². The Labute approximate surface area is 202 Å². The van der Waals surface area contributed by atoms with E-state index in [4.69, 9.17) is 16.4 Å². The van der Waals surface area contributed by atoms with Crippen molar-refractivity contribution >= 4 is 29.4 Å². The van der Waals surface area contributed by atoms with Gasteiger partial charge in [0.1, 0.15) is 12.1 Å². The predicted molar refractivity (Wildman–Crippen MR) is 126 cm³/mol. The minimum absolute atomic E-state index is 0.00604. The maximum Gasteiger partial charge on any atom is 0.586 e. The Morgan fingerprint density at radius 2 is 1.82 bits per heavy atom. The fraction of sp³-hybridized carbons (Fsp3) is 0.462. The molecule has 3 aliphatic rings. The lowest BCUT2D eigenvalue weighted by Crippen LogP contribution is -2.31. The van der Waals surface area contributed by atoms with E-state index in [2.05, 4.69) is 47.7 Å². The molecule has 0 aromatic heterocycles. The lowest BCUT2D eigenvalue weighted by molar-refractivity contribution is -0.286. The van der Waals surface area contributed by atoms with Crippen LogP contribution in [0.25, 0.3) is 0 Å². The molecule has 0 spiro atoms. The van der Waals surface area contributed by atoms with Gasteiger partial charge in [-0.05, 0) is 59.6 Å². The van der Waals surface area contributed by atoms with Crippen molar-refractivity contribution in [1.29, 1.82) is 0 Å². The van der Waals surface area contributed by atoms with Crippen LogP contribution >= 0.6 is 11.6 Å². The highest BCUT2D eigenvalue weighted by Gasteiger charge is 2.52. The number of benzene rings is 2. The molecular weight excluding hydrogens is 464 g/mol. The molecule has 34 heavy (non-hydrogen) atoms. The number of fused-ring (bicyclic) bond motifs is 2. The quantitative estimate of drug-likeness (QED) is 0.432. The fourth-order valence-electron chi connectivity index (χ4n) is 4.50. The molecule has 182 valence electrons. The standard InChI is InChI=1S/C24H25F2NO3.C2H3ClO/c1-22(2,3)20-12-15-10-14(4-6-17(15)27-20)11-21(28)23(8-9-23)16-5-7-18-19(13-16)30-24(25,26)29-18;3-1-2-4/h4-7,10,13,20,27H,8-9,11-12H2,1-3H3;2H,1H2. The monoisotopic (exact) mass is 491 g/mol. The first-order valence-corrected chi connectivity index (χ1v) is 11.8. The topological polar surface area (TPSA) is 64.6 Å². The molecule has 2 aromatic rings. The van der Waals surface area contributed by atoms with Crippen molar-refractivity contribution in [2.75, 3.05) is 11.2 Å². The zero-order valence-corrected chi connectivity index (χ0v) is 20.2. The van der Waals surface area contributed by atoms with Crippen LogP contribution < -0.4 is 14.8 Å². The highest BCUT2D eigenvalue weighted by Crippen LogP contribution is 2.52. The van der Waals surface area contributed by atoms with Crippen LogP contribution in [-0.2, 0) is 27.8 Å². The number of anilines is 1. The second-order valence-corrected chi connectivity index (χ2v) is 10.4. The molecule has 0 saturated heterocycles. The summed E-state index contributed by atoms with van der Waals surface area (Å²) in [6, 6.07) is 11.3. The normalized spacial score (nSPS) is 20.5. The van der Waals surface area contributed by atoms with E-state index in [0.717, 1.165) is 36.1 Å². The minimum Gasteiger partial charge on any atom is -0.395 e. The van der Waals surface area contributed by atoms with Crippen LogP contribution in [0.4, 0.5) is 14.5 Å². The summed E-state index contributed by atoms with van der Waals surface area (Å²) in [4.78, 5) is 22.3. The summed E-state index contributed by atoms with van der Waals surface area (Å²) in [5, 5.41) is 3.58. The third-order valence-corrected chi connectivity index (χ3v) is 6.76. The summed E-state index contributed by atoms with van der Waals surface area (Å²) in [6.07, 6.45) is -0.284.